The Kier molecular flexibility index (Phi) is 4.20. The smallest absolute Gasteiger partial charge is 0.291 e. The lowest BCUT2D eigenvalue weighted by Crippen LogP contribution is -2.51. The zero-order valence-corrected chi connectivity index (χ0v) is 13.3. The molecule has 0 radical (unpaired) electrons. The molecule has 0 bridgehead atoms. The van der Waals surface area contributed by atoms with E-state index in [1.165, 1.54) is 6.26 Å². The number of amides is 3. The van der Waals surface area contributed by atoms with Crippen LogP contribution in [0.15, 0.2) is 47.1 Å². The molecule has 1 aliphatic heterocycles. The van der Waals surface area contributed by atoms with Gasteiger partial charge in [0.1, 0.15) is 0 Å². The number of benzene rings is 1. The summed E-state index contributed by atoms with van der Waals surface area (Å²) in [5.74, 6) is -0.590. The first kappa shape index (κ1) is 16.0. The van der Waals surface area contributed by atoms with E-state index in [2.05, 4.69) is 10.6 Å². The average molecular weight is 326 g/mol. The van der Waals surface area contributed by atoms with E-state index >= 15 is 0 Å². The molecule has 1 saturated heterocycles. The highest BCUT2D eigenvalue weighted by Crippen LogP contribution is 2.36. The molecule has 2 heterocycles. The summed E-state index contributed by atoms with van der Waals surface area (Å²) in [6.07, 6.45) is 2.86. The molecule has 1 aliphatic rings. The van der Waals surface area contributed by atoms with Crippen molar-refractivity contribution in [2.24, 2.45) is 0 Å². The highest BCUT2D eigenvalue weighted by Gasteiger charge is 2.42. The summed E-state index contributed by atoms with van der Waals surface area (Å²) in [5, 5.41) is 5.16. The second-order valence-electron chi connectivity index (χ2n) is 5.82. The van der Waals surface area contributed by atoms with Gasteiger partial charge in [0, 0.05) is 12.1 Å². The number of hydrogen-bond donors (Lipinski definition) is 2. The van der Waals surface area contributed by atoms with Gasteiger partial charge in [-0.25, -0.2) is 0 Å². The van der Waals surface area contributed by atoms with Gasteiger partial charge in [-0.2, -0.15) is 0 Å². The van der Waals surface area contributed by atoms with Crippen molar-refractivity contribution in [3.05, 3.63) is 54.0 Å². The van der Waals surface area contributed by atoms with E-state index in [9.17, 15) is 14.4 Å². The molecule has 0 saturated carbocycles. The van der Waals surface area contributed by atoms with Gasteiger partial charge < -0.3 is 9.73 Å². The van der Waals surface area contributed by atoms with Crippen molar-refractivity contribution >= 4 is 23.4 Å². The van der Waals surface area contributed by atoms with Crippen molar-refractivity contribution in [1.29, 1.82) is 0 Å². The minimum Gasteiger partial charge on any atom is -0.459 e. The summed E-state index contributed by atoms with van der Waals surface area (Å²) in [7, 11) is 0. The lowest BCUT2D eigenvalue weighted by molar-refractivity contribution is -0.138. The van der Waals surface area contributed by atoms with Gasteiger partial charge in [-0.05, 0) is 42.7 Å². The van der Waals surface area contributed by atoms with Crippen LogP contribution < -0.4 is 10.6 Å². The van der Waals surface area contributed by atoms with Crippen LogP contribution >= 0.6 is 0 Å². The molecular weight excluding hydrogens is 308 g/mol. The summed E-state index contributed by atoms with van der Waals surface area (Å²) in [6.45, 7) is 1.93. The number of furan rings is 1. The van der Waals surface area contributed by atoms with E-state index in [1.807, 2.05) is 19.1 Å². The number of carbonyl (C=O) groups excluding carboxylic acids is 3. The van der Waals surface area contributed by atoms with Crippen LogP contribution in [0.3, 0.4) is 0 Å². The van der Waals surface area contributed by atoms with Gasteiger partial charge in [0.05, 0.1) is 11.7 Å². The van der Waals surface area contributed by atoms with Crippen molar-refractivity contribution in [2.45, 2.75) is 31.6 Å². The lowest BCUT2D eigenvalue weighted by atomic mass is 9.72. The molecular formula is C18H18N2O4. The fourth-order valence-corrected chi connectivity index (χ4v) is 3.04. The Morgan fingerprint density at radius 1 is 1.25 bits per heavy atom. The third kappa shape index (κ3) is 2.82. The van der Waals surface area contributed by atoms with Crippen molar-refractivity contribution < 1.29 is 18.8 Å². The fraction of sp³-hybridized carbons (Fsp3) is 0.278. The van der Waals surface area contributed by atoms with Gasteiger partial charge in [-0.3, -0.25) is 19.7 Å². The van der Waals surface area contributed by atoms with E-state index < -0.39 is 5.41 Å². The average Bonchev–Trinajstić information content (AvgIpc) is 3.11. The number of carbonyl (C=O) groups is 3. The molecule has 1 aromatic heterocycles. The second kappa shape index (κ2) is 6.31. The summed E-state index contributed by atoms with van der Waals surface area (Å²) in [5.41, 5.74) is 0.752. The number of anilines is 1. The standard InChI is InChI=1S/C18H18N2O4/c1-2-18(10-9-15(21)20-17(18)23)12-5-7-13(8-6-12)19-16(22)14-4-3-11-24-14/h3-8,11H,2,9-10H2,1H3,(H,19,22)(H,20,21,23). The summed E-state index contributed by atoms with van der Waals surface area (Å²) < 4.78 is 5.05. The minimum absolute atomic E-state index is 0.230. The van der Waals surface area contributed by atoms with Crippen LogP contribution in [-0.2, 0) is 15.0 Å². The highest BCUT2D eigenvalue weighted by molar-refractivity contribution is 6.04. The van der Waals surface area contributed by atoms with Crippen LogP contribution in [0.25, 0.3) is 0 Å². The monoisotopic (exact) mass is 326 g/mol. The van der Waals surface area contributed by atoms with Crippen LogP contribution in [0.2, 0.25) is 0 Å². The molecule has 1 fully saturated rings. The zero-order chi connectivity index (χ0) is 17.2. The minimum atomic E-state index is -0.697. The van der Waals surface area contributed by atoms with Crippen LogP contribution in [0.4, 0.5) is 5.69 Å². The van der Waals surface area contributed by atoms with E-state index in [0.717, 1.165) is 5.56 Å². The Labute approximate surface area is 139 Å². The van der Waals surface area contributed by atoms with E-state index in [1.54, 1.807) is 24.3 Å². The van der Waals surface area contributed by atoms with Gasteiger partial charge >= 0.3 is 0 Å². The molecule has 3 amide bonds. The summed E-state index contributed by atoms with van der Waals surface area (Å²) in [4.78, 5) is 35.7. The first-order valence-electron chi connectivity index (χ1n) is 7.85. The van der Waals surface area contributed by atoms with Crippen molar-refractivity contribution in [3.8, 4) is 0 Å². The van der Waals surface area contributed by atoms with E-state index in [-0.39, 0.29) is 23.5 Å². The van der Waals surface area contributed by atoms with Crippen LogP contribution in [0.1, 0.15) is 42.3 Å². The molecule has 1 atom stereocenters. The first-order valence-corrected chi connectivity index (χ1v) is 7.85. The van der Waals surface area contributed by atoms with Crippen LogP contribution in [0, 0.1) is 0 Å². The molecule has 0 aliphatic carbocycles. The molecule has 2 N–H and O–H groups in total. The molecule has 0 spiro atoms. The third-order valence-electron chi connectivity index (χ3n) is 4.51. The van der Waals surface area contributed by atoms with Crippen molar-refractivity contribution in [3.63, 3.8) is 0 Å². The Bertz CT molecular complexity index is 765. The maximum absolute atomic E-state index is 12.4. The molecule has 124 valence electrons. The predicted octanol–water partition coefficient (Wildman–Crippen LogP) is 2.62. The largest absolute Gasteiger partial charge is 0.459 e. The predicted molar refractivity (Wildman–Crippen MR) is 87.5 cm³/mol. The molecule has 3 rings (SSSR count). The first-order chi connectivity index (χ1) is 11.5. The highest BCUT2D eigenvalue weighted by atomic mass is 16.3. The quantitative estimate of drug-likeness (QED) is 0.845. The van der Waals surface area contributed by atoms with E-state index in [0.29, 0.717) is 24.9 Å². The molecule has 24 heavy (non-hydrogen) atoms. The Hall–Kier alpha value is -2.89. The molecule has 6 heteroatoms. The lowest BCUT2D eigenvalue weighted by Gasteiger charge is -2.35. The fourth-order valence-electron chi connectivity index (χ4n) is 3.04. The molecule has 1 aromatic carbocycles. The summed E-state index contributed by atoms with van der Waals surface area (Å²) >= 11 is 0. The molecule has 6 nitrogen and oxygen atoms in total. The van der Waals surface area contributed by atoms with Gasteiger partial charge in [0.25, 0.3) is 5.91 Å². The van der Waals surface area contributed by atoms with Crippen molar-refractivity contribution in [1.82, 2.24) is 5.32 Å². The molecule has 1 unspecified atom stereocenters. The van der Waals surface area contributed by atoms with Gasteiger partial charge in [-0.15, -0.1) is 0 Å². The Morgan fingerprint density at radius 3 is 2.58 bits per heavy atom. The number of rotatable bonds is 4. The van der Waals surface area contributed by atoms with Gasteiger partial charge in [-0.1, -0.05) is 19.1 Å². The van der Waals surface area contributed by atoms with E-state index in [4.69, 9.17) is 4.42 Å². The van der Waals surface area contributed by atoms with Crippen molar-refractivity contribution in [2.75, 3.05) is 5.32 Å². The van der Waals surface area contributed by atoms with Gasteiger partial charge in [0.2, 0.25) is 11.8 Å². The second-order valence-corrected chi connectivity index (χ2v) is 5.82. The number of nitrogens with one attached hydrogen (secondary N) is 2. The Morgan fingerprint density at radius 2 is 2.00 bits per heavy atom. The maximum Gasteiger partial charge on any atom is 0.291 e. The maximum atomic E-state index is 12.4. The molecule has 2 aromatic rings. The SMILES string of the molecule is CCC1(c2ccc(NC(=O)c3ccco3)cc2)CCC(=O)NC1=O. The van der Waals surface area contributed by atoms with Crippen LogP contribution in [0.5, 0.6) is 0 Å². The normalized spacial score (nSPS) is 20.5. The zero-order valence-electron chi connectivity index (χ0n) is 13.3. The summed E-state index contributed by atoms with van der Waals surface area (Å²) in [6, 6.07) is 10.4. The number of hydrogen-bond acceptors (Lipinski definition) is 4. The van der Waals surface area contributed by atoms with Crippen LogP contribution in [-0.4, -0.2) is 17.7 Å². The Balaban J connectivity index is 1.79. The van der Waals surface area contributed by atoms with Gasteiger partial charge in [0.15, 0.2) is 5.76 Å². The number of imide groups is 1. The topological polar surface area (TPSA) is 88.4 Å². The third-order valence-corrected chi connectivity index (χ3v) is 4.51. The number of piperidine rings is 1.